The van der Waals surface area contributed by atoms with Crippen LogP contribution in [0.2, 0.25) is 0 Å². The Hall–Kier alpha value is -1.53. The van der Waals surface area contributed by atoms with Crippen molar-refractivity contribution in [1.29, 1.82) is 0 Å². The number of Topliss-reactive ketones (excluding diaryl/α,β-unsaturated/α-hetero) is 1. The predicted molar refractivity (Wildman–Crippen MR) is 86.6 cm³/mol. The molecule has 116 valence electrons. The van der Waals surface area contributed by atoms with Crippen LogP contribution in [0.4, 0.5) is 5.69 Å². The molecule has 1 aromatic carbocycles. The monoisotopic (exact) mass is 310 g/mol. The first-order valence-corrected chi connectivity index (χ1v) is 8.10. The highest BCUT2D eigenvalue weighted by Gasteiger charge is 2.12. The maximum Gasteiger partial charge on any atom is 0.307 e. The third-order valence-electron chi connectivity index (χ3n) is 2.82. The van der Waals surface area contributed by atoms with E-state index in [0.717, 1.165) is 5.69 Å². The maximum atomic E-state index is 12.0. The normalized spacial score (nSPS) is 11.8. The van der Waals surface area contributed by atoms with Crippen molar-refractivity contribution in [3.05, 3.63) is 29.8 Å². The third kappa shape index (κ3) is 6.64. The number of anilines is 1. The van der Waals surface area contributed by atoms with Gasteiger partial charge in [0.15, 0.2) is 5.78 Å². The van der Waals surface area contributed by atoms with Gasteiger partial charge in [0.25, 0.3) is 0 Å². The second kappa shape index (κ2) is 9.41. The lowest BCUT2D eigenvalue weighted by molar-refractivity contribution is -0.143. The van der Waals surface area contributed by atoms with Gasteiger partial charge in [0.1, 0.15) is 0 Å². The number of carbonyl (C=O) groups excluding carboxylic acids is 2. The molecule has 21 heavy (non-hydrogen) atoms. The number of rotatable bonds is 9. The summed E-state index contributed by atoms with van der Waals surface area (Å²) in [7, 11) is 0. The van der Waals surface area contributed by atoms with Gasteiger partial charge in [-0.25, -0.2) is 0 Å². The zero-order valence-electron chi connectivity index (χ0n) is 12.6. The Morgan fingerprint density at radius 3 is 2.52 bits per heavy atom. The van der Waals surface area contributed by atoms with Crippen molar-refractivity contribution in [1.82, 2.24) is 5.32 Å². The fraction of sp³-hybridized carbons (Fsp3) is 0.467. The molecule has 1 rings (SSSR count). The Morgan fingerprint density at radius 2 is 1.95 bits per heavy atom. The summed E-state index contributed by atoms with van der Waals surface area (Å²) in [6, 6.07) is 7.22. The lowest BCUT2D eigenvalue weighted by atomic mass is 10.1. The molecule has 0 saturated carbocycles. The van der Waals surface area contributed by atoms with Gasteiger partial charge in [-0.15, -0.1) is 0 Å². The van der Waals surface area contributed by atoms with Crippen LogP contribution in [-0.2, 0) is 9.53 Å². The number of nitrogens with one attached hydrogen (secondary N) is 2. The van der Waals surface area contributed by atoms with E-state index in [1.165, 1.54) is 11.9 Å². The maximum absolute atomic E-state index is 12.0. The van der Waals surface area contributed by atoms with Crippen LogP contribution in [-0.4, -0.2) is 37.2 Å². The summed E-state index contributed by atoms with van der Waals surface area (Å²) in [5.74, 6) is -0.251. The van der Waals surface area contributed by atoms with Crippen LogP contribution in [0.5, 0.6) is 0 Å². The summed E-state index contributed by atoms with van der Waals surface area (Å²) in [6.07, 6.45) is 2.20. The predicted octanol–water partition coefficient (Wildman–Crippen LogP) is 2.49. The summed E-state index contributed by atoms with van der Waals surface area (Å²) >= 11 is 1.50. The first kappa shape index (κ1) is 17.5. The first-order valence-electron chi connectivity index (χ1n) is 6.88. The molecule has 0 radical (unpaired) electrons. The molecule has 0 aromatic heterocycles. The quantitative estimate of drug-likeness (QED) is 0.415. The topological polar surface area (TPSA) is 67.4 Å². The largest absolute Gasteiger partial charge is 0.466 e. The van der Waals surface area contributed by atoms with E-state index >= 15 is 0 Å². The lowest BCUT2D eigenvalue weighted by Gasteiger charge is -2.12. The number of hydrogen-bond acceptors (Lipinski definition) is 6. The van der Waals surface area contributed by atoms with Crippen LogP contribution in [0.3, 0.4) is 0 Å². The van der Waals surface area contributed by atoms with E-state index in [9.17, 15) is 9.59 Å². The van der Waals surface area contributed by atoms with Gasteiger partial charge >= 0.3 is 5.97 Å². The van der Waals surface area contributed by atoms with Crippen LogP contribution in [0, 0.1) is 0 Å². The number of esters is 1. The van der Waals surface area contributed by atoms with E-state index in [0.29, 0.717) is 12.2 Å². The minimum atomic E-state index is -0.252. The van der Waals surface area contributed by atoms with Crippen LogP contribution >= 0.6 is 11.9 Å². The van der Waals surface area contributed by atoms with Crippen LogP contribution in [0.15, 0.2) is 24.3 Å². The van der Waals surface area contributed by atoms with Gasteiger partial charge in [-0.3, -0.25) is 9.59 Å². The Labute approximate surface area is 130 Å². The van der Waals surface area contributed by atoms with Crippen molar-refractivity contribution in [3.63, 3.8) is 0 Å². The van der Waals surface area contributed by atoms with Gasteiger partial charge in [-0.1, -0.05) is 11.9 Å². The van der Waals surface area contributed by atoms with Crippen molar-refractivity contribution in [2.45, 2.75) is 26.3 Å². The van der Waals surface area contributed by atoms with Crippen LogP contribution < -0.4 is 10.0 Å². The molecule has 1 unspecified atom stereocenters. The number of ether oxygens (including phenoxy) is 1. The molecule has 1 aromatic rings. The van der Waals surface area contributed by atoms with E-state index in [2.05, 4.69) is 10.0 Å². The molecule has 0 heterocycles. The van der Waals surface area contributed by atoms with Crippen molar-refractivity contribution in [2.75, 3.05) is 24.1 Å². The van der Waals surface area contributed by atoms with Gasteiger partial charge in [0.05, 0.1) is 19.6 Å². The Kier molecular flexibility index (Phi) is 7.85. The molecule has 0 amide bonds. The number of carbonyl (C=O) groups is 2. The highest BCUT2D eigenvalue weighted by molar-refractivity contribution is 7.99. The average Bonchev–Trinajstić information content (AvgIpc) is 2.46. The van der Waals surface area contributed by atoms with Crippen LogP contribution in [0.25, 0.3) is 0 Å². The molecule has 5 nitrogen and oxygen atoms in total. The van der Waals surface area contributed by atoms with Gasteiger partial charge in [0.2, 0.25) is 0 Å². The minimum Gasteiger partial charge on any atom is -0.466 e. The minimum absolute atomic E-state index is 0.00131. The molecule has 0 aliphatic heterocycles. The SMILES string of the molecule is CCOC(=O)CC(C)NCC(=O)c1ccc(NSC)cc1. The lowest BCUT2D eigenvalue weighted by Crippen LogP contribution is -2.33. The van der Waals surface area contributed by atoms with Gasteiger partial charge in [0, 0.05) is 23.5 Å². The zero-order valence-corrected chi connectivity index (χ0v) is 13.5. The standard InChI is InChI=1S/C15H22N2O3S/c1-4-20-15(19)9-11(2)16-10-14(18)12-5-7-13(8-6-12)17-21-3/h5-8,11,16-17H,4,9-10H2,1-3H3. The highest BCUT2D eigenvalue weighted by atomic mass is 32.2. The zero-order chi connectivity index (χ0) is 15.7. The van der Waals surface area contributed by atoms with E-state index in [-0.39, 0.29) is 30.8 Å². The van der Waals surface area contributed by atoms with Crippen molar-refractivity contribution in [3.8, 4) is 0 Å². The molecule has 0 aliphatic rings. The molecule has 0 aliphatic carbocycles. The van der Waals surface area contributed by atoms with Gasteiger partial charge in [-0.2, -0.15) is 0 Å². The van der Waals surface area contributed by atoms with Gasteiger partial charge < -0.3 is 14.8 Å². The summed E-state index contributed by atoms with van der Waals surface area (Å²) in [5.41, 5.74) is 1.61. The van der Waals surface area contributed by atoms with Crippen LogP contribution in [0.1, 0.15) is 30.6 Å². The molecular weight excluding hydrogens is 288 g/mol. The van der Waals surface area contributed by atoms with Gasteiger partial charge in [-0.05, 0) is 38.1 Å². The Balaban J connectivity index is 2.40. The van der Waals surface area contributed by atoms with Crippen molar-refractivity contribution in [2.24, 2.45) is 0 Å². The molecule has 0 bridgehead atoms. The molecule has 2 N–H and O–H groups in total. The smallest absolute Gasteiger partial charge is 0.307 e. The second-order valence-electron chi connectivity index (χ2n) is 4.60. The van der Waals surface area contributed by atoms with E-state index < -0.39 is 0 Å². The average molecular weight is 310 g/mol. The molecule has 1 atom stereocenters. The second-order valence-corrected chi connectivity index (χ2v) is 5.21. The van der Waals surface area contributed by atoms with E-state index in [1.807, 2.05) is 25.3 Å². The fourth-order valence-corrected chi connectivity index (χ4v) is 2.12. The van der Waals surface area contributed by atoms with Crippen molar-refractivity contribution >= 4 is 29.4 Å². The molecule has 0 spiro atoms. The third-order valence-corrected chi connectivity index (χ3v) is 3.26. The molecule has 0 fully saturated rings. The first-order chi connectivity index (χ1) is 10.1. The molecule has 0 saturated heterocycles. The number of benzene rings is 1. The number of ketones is 1. The summed E-state index contributed by atoms with van der Waals surface area (Å²) < 4.78 is 7.96. The van der Waals surface area contributed by atoms with E-state index in [1.54, 1.807) is 19.1 Å². The number of hydrogen-bond donors (Lipinski definition) is 2. The van der Waals surface area contributed by atoms with E-state index in [4.69, 9.17) is 4.74 Å². The molecular formula is C15H22N2O3S. The summed E-state index contributed by atoms with van der Waals surface area (Å²) in [6.45, 7) is 4.21. The Morgan fingerprint density at radius 1 is 1.29 bits per heavy atom. The summed E-state index contributed by atoms with van der Waals surface area (Å²) in [5, 5.41) is 3.04. The van der Waals surface area contributed by atoms with Crippen molar-refractivity contribution < 1.29 is 14.3 Å². The Bertz CT molecular complexity index is 462. The fourth-order valence-electron chi connectivity index (χ4n) is 1.75. The summed E-state index contributed by atoms with van der Waals surface area (Å²) in [4.78, 5) is 23.3. The molecule has 6 heteroatoms. The highest BCUT2D eigenvalue weighted by Crippen LogP contribution is 2.12.